The number of carbonyl (C=O) groups is 3. The standard InChI is InChI=1S/C19H26N2O7/c1-12-15(16(23)20-14(10-22)17(24)26-4)21(19(2,3)28-12)18(25)27-11-13-8-6-5-7-9-13/h5-9,12,14-15,22H,10-11H2,1-4H3,(H,20,23). The van der Waals surface area contributed by atoms with Crippen LogP contribution in [0.3, 0.4) is 0 Å². The molecule has 0 radical (unpaired) electrons. The Kier molecular flexibility index (Phi) is 6.98. The molecule has 0 bridgehead atoms. The number of methoxy groups -OCH3 is 1. The van der Waals surface area contributed by atoms with Gasteiger partial charge in [-0.05, 0) is 26.3 Å². The van der Waals surface area contributed by atoms with Crippen LogP contribution >= 0.6 is 0 Å². The minimum Gasteiger partial charge on any atom is -0.467 e. The van der Waals surface area contributed by atoms with Crippen molar-refractivity contribution < 1.29 is 33.7 Å². The first-order chi connectivity index (χ1) is 13.2. The highest BCUT2D eigenvalue weighted by atomic mass is 16.6. The number of aliphatic hydroxyl groups is 1. The van der Waals surface area contributed by atoms with Gasteiger partial charge in [0.1, 0.15) is 18.4 Å². The molecule has 2 N–H and O–H groups in total. The second-order valence-corrected chi connectivity index (χ2v) is 6.89. The lowest BCUT2D eigenvalue weighted by Gasteiger charge is -2.32. The van der Waals surface area contributed by atoms with E-state index in [9.17, 15) is 19.5 Å². The number of hydrogen-bond donors (Lipinski definition) is 2. The Bertz CT molecular complexity index is 707. The lowest BCUT2D eigenvalue weighted by atomic mass is 10.1. The lowest BCUT2D eigenvalue weighted by Crippen LogP contribution is -2.57. The van der Waals surface area contributed by atoms with Gasteiger partial charge in [-0.1, -0.05) is 30.3 Å². The Morgan fingerprint density at radius 3 is 2.50 bits per heavy atom. The van der Waals surface area contributed by atoms with Crippen molar-refractivity contribution in [2.24, 2.45) is 0 Å². The number of nitrogens with one attached hydrogen (secondary N) is 1. The Hall–Kier alpha value is -2.65. The predicted octanol–water partition coefficient (Wildman–Crippen LogP) is 0.799. The van der Waals surface area contributed by atoms with Crippen LogP contribution in [0.15, 0.2) is 30.3 Å². The molecule has 1 heterocycles. The van der Waals surface area contributed by atoms with Crippen LogP contribution in [0.5, 0.6) is 0 Å². The van der Waals surface area contributed by atoms with Gasteiger partial charge in [-0.3, -0.25) is 9.69 Å². The topological polar surface area (TPSA) is 114 Å². The smallest absolute Gasteiger partial charge is 0.413 e. The van der Waals surface area contributed by atoms with E-state index in [0.29, 0.717) is 0 Å². The summed E-state index contributed by atoms with van der Waals surface area (Å²) in [6.45, 7) is 4.33. The van der Waals surface area contributed by atoms with Crippen molar-refractivity contribution in [3.8, 4) is 0 Å². The molecule has 0 saturated carbocycles. The second-order valence-electron chi connectivity index (χ2n) is 6.89. The van der Waals surface area contributed by atoms with Crippen molar-refractivity contribution >= 4 is 18.0 Å². The third-order valence-corrected chi connectivity index (χ3v) is 4.43. The van der Waals surface area contributed by atoms with Crippen LogP contribution in [0.4, 0.5) is 4.79 Å². The summed E-state index contributed by atoms with van der Waals surface area (Å²) in [6, 6.07) is 6.84. The van der Waals surface area contributed by atoms with E-state index in [0.717, 1.165) is 12.7 Å². The number of benzene rings is 1. The van der Waals surface area contributed by atoms with Gasteiger partial charge >= 0.3 is 12.1 Å². The number of nitrogens with zero attached hydrogens (tertiary/aromatic N) is 1. The average molecular weight is 394 g/mol. The highest BCUT2D eigenvalue weighted by molar-refractivity contribution is 5.90. The molecule has 1 aliphatic heterocycles. The molecule has 154 valence electrons. The fourth-order valence-corrected chi connectivity index (χ4v) is 3.15. The van der Waals surface area contributed by atoms with Crippen LogP contribution in [-0.4, -0.2) is 65.6 Å². The summed E-state index contributed by atoms with van der Waals surface area (Å²) < 4.78 is 15.7. The van der Waals surface area contributed by atoms with E-state index in [1.54, 1.807) is 20.8 Å². The van der Waals surface area contributed by atoms with E-state index in [1.165, 1.54) is 4.90 Å². The molecule has 3 atom stereocenters. The molecule has 0 aromatic heterocycles. The monoisotopic (exact) mass is 394 g/mol. The van der Waals surface area contributed by atoms with Crippen LogP contribution in [-0.2, 0) is 30.4 Å². The molecular weight excluding hydrogens is 368 g/mol. The molecule has 1 fully saturated rings. The molecule has 1 saturated heterocycles. The van der Waals surface area contributed by atoms with E-state index in [2.05, 4.69) is 10.1 Å². The molecule has 3 unspecified atom stereocenters. The summed E-state index contributed by atoms with van der Waals surface area (Å²) in [5, 5.41) is 11.7. The van der Waals surface area contributed by atoms with Crippen molar-refractivity contribution in [1.29, 1.82) is 0 Å². The summed E-state index contributed by atoms with van der Waals surface area (Å²) in [5.41, 5.74) is -0.302. The summed E-state index contributed by atoms with van der Waals surface area (Å²) in [7, 11) is 1.15. The first-order valence-corrected chi connectivity index (χ1v) is 8.88. The van der Waals surface area contributed by atoms with E-state index < -0.39 is 48.5 Å². The van der Waals surface area contributed by atoms with Crippen LogP contribution in [0.25, 0.3) is 0 Å². The quantitative estimate of drug-likeness (QED) is 0.686. The summed E-state index contributed by atoms with van der Waals surface area (Å²) in [6.07, 6.45) is -1.38. The van der Waals surface area contributed by atoms with Gasteiger partial charge in [0, 0.05) is 0 Å². The number of ether oxygens (including phenoxy) is 3. The molecule has 28 heavy (non-hydrogen) atoms. The number of carbonyl (C=O) groups excluding carboxylic acids is 3. The maximum Gasteiger partial charge on any atom is 0.413 e. The van der Waals surface area contributed by atoms with Gasteiger partial charge in [-0.25, -0.2) is 9.59 Å². The number of hydrogen-bond acceptors (Lipinski definition) is 7. The number of rotatable bonds is 6. The van der Waals surface area contributed by atoms with E-state index in [1.807, 2.05) is 30.3 Å². The van der Waals surface area contributed by atoms with Crippen molar-refractivity contribution in [1.82, 2.24) is 10.2 Å². The van der Waals surface area contributed by atoms with E-state index in [4.69, 9.17) is 9.47 Å². The molecule has 9 heteroatoms. The third-order valence-electron chi connectivity index (χ3n) is 4.43. The molecule has 0 aliphatic carbocycles. The number of aliphatic hydroxyl groups excluding tert-OH is 1. The summed E-state index contributed by atoms with van der Waals surface area (Å²) in [5.74, 6) is -1.45. The Balaban J connectivity index is 2.15. The highest BCUT2D eigenvalue weighted by Crippen LogP contribution is 2.33. The Labute approximate surface area is 163 Å². The van der Waals surface area contributed by atoms with Crippen LogP contribution < -0.4 is 5.32 Å². The molecule has 0 spiro atoms. The van der Waals surface area contributed by atoms with E-state index in [-0.39, 0.29) is 6.61 Å². The fourth-order valence-electron chi connectivity index (χ4n) is 3.15. The van der Waals surface area contributed by atoms with Gasteiger partial charge in [0.25, 0.3) is 0 Å². The van der Waals surface area contributed by atoms with Crippen molar-refractivity contribution in [2.75, 3.05) is 13.7 Å². The van der Waals surface area contributed by atoms with Gasteiger partial charge in [0.2, 0.25) is 5.91 Å². The third kappa shape index (κ3) is 4.79. The Morgan fingerprint density at radius 2 is 1.93 bits per heavy atom. The largest absolute Gasteiger partial charge is 0.467 e. The zero-order chi connectivity index (χ0) is 20.9. The van der Waals surface area contributed by atoms with Crippen LogP contribution in [0, 0.1) is 0 Å². The number of amides is 2. The van der Waals surface area contributed by atoms with Gasteiger partial charge in [0.05, 0.1) is 19.8 Å². The molecule has 2 amide bonds. The molecule has 2 rings (SSSR count). The summed E-state index contributed by atoms with van der Waals surface area (Å²) in [4.78, 5) is 38.3. The van der Waals surface area contributed by atoms with Gasteiger partial charge in [-0.2, -0.15) is 0 Å². The molecule has 1 aromatic carbocycles. The maximum atomic E-state index is 12.8. The van der Waals surface area contributed by atoms with Gasteiger partial charge < -0.3 is 24.6 Å². The summed E-state index contributed by atoms with van der Waals surface area (Å²) >= 11 is 0. The van der Waals surface area contributed by atoms with Crippen molar-refractivity contribution in [3.05, 3.63) is 35.9 Å². The molecule has 9 nitrogen and oxygen atoms in total. The van der Waals surface area contributed by atoms with Gasteiger partial charge in [0.15, 0.2) is 6.04 Å². The minimum atomic E-state index is -1.24. The van der Waals surface area contributed by atoms with Gasteiger partial charge in [-0.15, -0.1) is 0 Å². The number of esters is 1. The SMILES string of the molecule is COC(=O)C(CO)NC(=O)C1C(C)OC(C)(C)N1C(=O)OCc1ccccc1. The van der Waals surface area contributed by atoms with Crippen molar-refractivity contribution in [3.63, 3.8) is 0 Å². The minimum absolute atomic E-state index is 0.0381. The zero-order valence-electron chi connectivity index (χ0n) is 16.4. The maximum absolute atomic E-state index is 12.8. The second kappa shape index (κ2) is 9.03. The van der Waals surface area contributed by atoms with Crippen LogP contribution in [0.2, 0.25) is 0 Å². The average Bonchev–Trinajstić information content (AvgIpc) is 2.92. The van der Waals surface area contributed by atoms with Crippen LogP contribution in [0.1, 0.15) is 26.3 Å². The van der Waals surface area contributed by atoms with E-state index >= 15 is 0 Å². The molecule has 1 aliphatic rings. The fraction of sp³-hybridized carbons (Fsp3) is 0.526. The molecular formula is C19H26N2O7. The molecule has 1 aromatic rings. The first-order valence-electron chi connectivity index (χ1n) is 8.88. The lowest BCUT2D eigenvalue weighted by molar-refractivity contribution is -0.146. The first kappa shape index (κ1) is 21.6. The Morgan fingerprint density at radius 1 is 1.29 bits per heavy atom. The zero-order valence-corrected chi connectivity index (χ0v) is 16.4. The highest BCUT2D eigenvalue weighted by Gasteiger charge is 2.52. The van der Waals surface area contributed by atoms with Crippen molar-refractivity contribution in [2.45, 2.75) is 51.3 Å². The normalized spacial score (nSPS) is 21.7. The predicted molar refractivity (Wildman–Crippen MR) is 97.9 cm³/mol.